The molecule has 0 fully saturated rings. The zero-order valence-electron chi connectivity index (χ0n) is 13.2. The van der Waals surface area contributed by atoms with Crippen molar-refractivity contribution in [2.24, 2.45) is 0 Å². The minimum Gasteiger partial charge on any atom is -0.507 e. The third-order valence-electron chi connectivity index (χ3n) is 4.37. The largest absolute Gasteiger partial charge is 0.507 e. The second-order valence-electron chi connectivity index (χ2n) is 5.70. The summed E-state index contributed by atoms with van der Waals surface area (Å²) in [5.74, 6) is 0.921. The van der Waals surface area contributed by atoms with Gasteiger partial charge >= 0.3 is 0 Å². The molecule has 0 saturated heterocycles. The molecule has 3 nitrogen and oxygen atoms in total. The van der Waals surface area contributed by atoms with E-state index >= 15 is 0 Å². The predicted molar refractivity (Wildman–Crippen MR) is 96.8 cm³/mol. The van der Waals surface area contributed by atoms with E-state index in [-0.39, 0.29) is 11.5 Å². The Balaban J connectivity index is 2.15. The zero-order valence-corrected chi connectivity index (χ0v) is 13.2. The van der Waals surface area contributed by atoms with Crippen LogP contribution in [0.2, 0.25) is 0 Å². The van der Waals surface area contributed by atoms with Gasteiger partial charge < -0.3 is 14.9 Å². The molecule has 3 heteroatoms. The minimum atomic E-state index is 0.133. The van der Waals surface area contributed by atoms with Gasteiger partial charge in [-0.3, -0.25) is 0 Å². The predicted octanol–water partition coefficient (Wildman–Crippen LogP) is 5.08. The monoisotopic (exact) mass is 316 g/mol. The van der Waals surface area contributed by atoms with E-state index in [9.17, 15) is 10.2 Å². The lowest BCUT2D eigenvalue weighted by atomic mass is 9.93. The van der Waals surface area contributed by atoms with Crippen LogP contribution in [-0.4, -0.2) is 17.3 Å². The Morgan fingerprint density at radius 3 is 2.17 bits per heavy atom. The summed E-state index contributed by atoms with van der Waals surface area (Å²) in [7, 11) is 1.60. The quantitative estimate of drug-likeness (QED) is 0.507. The van der Waals surface area contributed by atoms with E-state index in [2.05, 4.69) is 0 Å². The number of methoxy groups -OCH3 is 1. The van der Waals surface area contributed by atoms with Crippen LogP contribution in [0.25, 0.3) is 32.7 Å². The molecule has 0 heterocycles. The molecule has 0 unspecified atom stereocenters. The maximum absolute atomic E-state index is 10.8. The highest BCUT2D eigenvalue weighted by Gasteiger charge is 2.18. The molecule has 118 valence electrons. The summed E-state index contributed by atoms with van der Waals surface area (Å²) in [5, 5.41) is 24.5. The highest BCUT2D eigenvalue weighted by Crippen LogP contribution is 2.46. The van der Waals surface area contributed by atoms with Crippen LogP contribution in [0.4, 0.5) is 0 Å². The van der Waals surface area contributed by atoms with Crippen LogP contribution in [0.3, 0.4) is 0 Å². The molecule has 4 rings (SSSR count). The molecular weight excluding hydrogens is 300 g/mol. The lowest BCUT2D eigenvalue weighted by Crippen LogP contribution is -1.91. The Kier molecular flexibility index (Phi) is 3.28. The molecule has 0 saturated carbocycles. The van der Waals surface area contributed by atoms with Gasteiger partial charge in [0.1, 0.15) is 17.2 Å². The molecule has 0 bridgehead atoms. The van der Waals surface area contributed by atoms with E-state index in [0.29, 0.717) is 22.1 Å². The fraction of sp³-hybridized carbons (Fsp3) is 0.0476. The Bertz CT molecular complexity index is 1070. The topological polar surface area (TPSA) is 49.7 Å². The molecule has 0 aromatic heterocycles. The molecule has 4 aromatic carbocycles. The number of hydrogen-bond donors (Lipinski definition) is 2. The maximum atomic E-state index is 10.8. The Hall–Kier alpha value is -3.20. The number of rotatable bonds is 2. The van der Waals surface area contributed by atoms with Crippen molar-refractivity contribution in [1.29, 1.82) is 0 Å². The van der Waals surface area contributed by atoms with Gasteiger partial charge in [0, 0.05) is 21.9 Å². The van der Waals surface area contributed by atoms with Crippen molar-refractivity contribution < 1.29 is 14.9 Å². The van der Waals surface area contributed by atoms with Crippen LogP contribution in [-0.2, 0) is 0 Å². The van der Waals surface area contributed by atoms with Crippen LogP contribution < -0.4 is 4.74 Å². The third-order valence-corrected chi connectivity index (χ3v) is 4.37. The Morgan fingerprint density at radius 1 is 0.750 bits per heavy atom. The van der Waals surface area contributed by atoms with Gasteiger partial charge in [-0.2, -0.15) is 0 Å². The Morgan fingerprint density at radius 2 is 1.42 bits per heavy atom. The van der Waals surface area contributed by atoms with Crippen LogP contribution in [0.15, 0.2) is 66.7 Å². The van der Waals surface area contributed by atoms with Gasteiger partial charge in [0.2, 0.25) is 0 Å². The number of hydrogen-bond acceptors (Lipinski definition) is 3. The molecule has 4 aromatic rings. The average Bonchev–Trinajstić information content (AvgIpc) is 2.64. The van der Waals surface area contributed by atoms with Crippen LogP contribution in [0, 0.1) is 0 Å². The van der Waals surface area contributed by atoms with Crippen molar-refractivity contribution >= 4 is 21.5 Å². The first-order chi connectivity index (χ1) is 11.7. The number of phenols is 2. The molecule has 0 aliphatic heterocycles. The van der Waals surface area contributed by atoms with Gasteiger partial charge in [0.15, 0.2) is 0 Å². The summed E-state index contributed by atoms with van der Waals surface area (Å²) in [6.45, 7) is 0. The van der Waals surface area contributed by atoms with Crippen molar-refractivity contribution in [3.8, 4) is 28.4 Å². The summed E-state index contributed by atoms with van der Waals surface area (Å²) in [6, 6.07) is 20.6. The van der Waals surface area contributed by atoms with E-state index in [1.807, 2.05) is 48.5 Å². The molecule has 0 aliphatic rings. The number of phenolic OH excluding ortho intramolecular Hbond substituents is 2. The normalized spacial score (nSPS) is 11.0. The number of benzene rings is 4. The van der Waals surface area contributed by atoms with Crippen LogP contribution >= 0.6 is 0 Å². The first-order valence-corrected chi connectivity index (χ1v) is 7.70. The van der Waals surface area contributed by atoms with Gasteiger partial charge in [-0.15, -0.1) is 0 Å². The van der Waals surface area contributed by atoms with Crippen molar-refractivity contribution in [1.82, 2.24) is 0 Å². The fourth-order valence-corrected chi connectivity index (χ4v) is 3.23. The maximum Gasteiger partial charge on any atom is 0.131 e. The van der Waals surface area contributed by atoms with E-state index in [1.54, 1.807) is 25.3 Å². The lowest BCUT2D eigenvalue weighted by Gasteiger charge is -2.15. The molecule has 0 atom stereocenters. The van der Waals surface area contributed by atoms with Gasteiger partial charge in [-0.25, -0.2) is 0 Å². The summed E-state index contributed by atoms with van der Waals surface area (Å²) >= 11 is 0. The second-order valence-corrected chi connectivity index (χ2v) is 5.70. The zero-order chi connectivity index (χ0) is 16.7. The first-order valence-electron chi connectivity index (χ1n) is 7.70. The average molecular weight is 316 g/mol. The van der Waals surface area contributed by atoms with Gasteiger partial charge in [0.25, 0.3) is 0 Å². The molecule has 0 amide bonds. The summed E-state index contributed by atoms with van der Waals surface area (Å²) in [4.78, 5) is 0. The van der Waals surface area contributed by atoms with Crippen LogP contribution in [0.5, 0.6) is 17.2 Å². The molecule has 0 aliphatic carbocycles. The first kappa shape index (κ1) is 14.4. The van der Waals surface area contributed by atoms with E-state index in [4.69, 9.17) is 4.74 Å². The fourth-order valence-electron chi connectivity index (χ4n) is 3.23. The smallest absolute Gasteiger partial charge is 0.131 e. The van der Waals surface area contributed by atoms with Crippen molar-refractivity contribution in [2.75, 3.05) is 7.11 Å². The Labute approximate surface area is 139 Å². The molecule has 0 radical (unpaired) electrons. The highest BCUT2D eigenvalue weighted by atomic mass is 16.5. The van der Waals surface area contributed by atoms with E-state index in [0.717, 1.165) is 16.3 Å². The van der Waals surface area contributed by atoms with E-state index < -0.39 is 0 Å². The van der Waals surface area contributed by atoms with Crippen molar-refractivity contribution in [2.45, 2.75) is 0 Å². The summed E-state index contributed by atoms with van der Waals surface area (Å²) in [5.41, 5.74) is 1.33. The number of aromatic hydroxyl groups is 2. The molecule has 0 spiro atoms. The highest BCUT2D eigenvalue weighted by molar-refractivity contribution is 6.06. The van der Waals surface area contributed by atoms with Gasteiger partial charge in [-0.05, 0) is 22.9 Å². The van der Waals surface area contributed by atoms with E-state index in [1.165, 1.54) is 0 Å². The SMILES string of the molecule is COc1ccc2ccccc2c1-c1cc(O)c2ccccc2c1O. The summed E-state index contributed by atoms with van der Waals surface area (Å²) < 4.78 is 5.52. The van der Waals surface area contributed by atoms with Crippen LogP contribution in [0.1, 0.15) is 0 Å². The van der Waals surface area contributed by atoms with Crippen molar-refractivity contribution in [3.63, 3.8) is 0 Å². The standard InChI is InChI=1S/C21H16O3/c1-24-19-11-10-13-6-2-3-7-14(13)20(19)17-12-18(22)15-8-4-5-9-16(15)21(17)23/h2-12,22-23H,1H3. The number of ether oxygens (including phenoxy) is 1. The third kappa shape index (κ3) is 2.06. The summed E-state index contributed by atoms with van der Waals surface area (Å²) in [6.07, 6.45) is 0. The molecule has 2 N–H and O–H groups in total. The molecule has 24 heavy (non-hydrogen) atoms. The van der Waals surface area contributed by atoms with Crippen molar-refractivity contribution in [3.05, 3.63) is 66.7 Å². The number of fused-ring (bicyclic) bond motifs is 2. The minimum absolute atomic E-state index is 0.133. The van der Waals surface area contributed by atoms with Gasteiger partial charge in [0.05, 0.1) is 7.11 Å². The second kappa shape index (κ2) is 5.46. The van der Waals surface area contributed by atoms with Gasteiger partial charge in [-0.1, -0.05) is 54.6 Å². The lowest BCUT2D eigenvalue weighted by molar-refractivity contribution is 0.416. The molecular formula is C21H16O3.